The Kier molecular flexibility index (Phi) is 4.46. The van der Waals surface area contributed by atoms with Crippen molar-refractivity contribution in [3.8, 4) is 5.75 Å². The quantitative estimate of drug-likeness (QED) is 0.754. The average Bonchev–Trinajstić information content (AvgIpc) is 3.35. The maximum Gasteiger partial charge on any atom is 0.250 e. The van der Waals surface area contributed by atoms with Crippen LogP contribution in [0.15, 0.2) is 41.8 Å². The van der Waals surface area contributed by atoms with Gasteiger partial charge in [0.25, 0.3) is 0 Å². The predicted octanol–water partition coefficient (Wildman–Crippen LogP) is 3.44. The molecule has 0 radical (unpaired) electrons. The third-order valence-corrected chi connectivity index (χ3v) is 5.93. The molecule has 134 valence electrons. The molecule has 0 N–H and O–H groups in total. The fraction of sp³-hybridized carbons (Fsp3) is 0.263. The van der Waals surface area contributed by atoms with Gasteiger partial charge in [0.05, 0.1) is 18.2 Å². The van der Waals surface area contributed by atoms with Crippen molar-refractivity contribution in [2.45, 2.75) is 18.5 Å². The Morgan fingerprint density at radius 2 is 2.23 bits per heavy atom. The topological polar surface area (TPSA) is 49.9 Å². The van der Waals surface area contributed by atoms with E-state index in [9.17, 15) is 9.59 Å². The number of carbonyl (C=O) groups is 2. The highest BCUT2D eigenvalue weighted by molar-refractivity contribution is 7.10. The summed E-state index contributed by atoms with van der Waals surface area (Å²) in [5, 5.41) is 2.43. The lowest BCUT2D eigenvalue weighted by Gasteiger charge is -2.33. The zero-order valence-electron chi connectivity index (χ0n) is 14.1. The van der Waals surface area contributed by atoms with Crippen molar-refractivity contribution in [3.05, 3.63) is 51.7 Å². The van der Waals surface area contributed by atoms with E-state index in [-0.39, 0.29) is 17.9 Å². The van der Waals surface area contributed by atoms with Crippen molar-refractivity contribution in [2.24, 2.45) is 0 Å². The number of halogens is 1. The minimum absolute atomic E-state index is 0.0175. The summed E-state index contributed by atoms with van der Waals surface area (Å²) in [5.74, 6) is 0.398. The van der Waals surface area contributed by atoms with Gasteiger partial charge in [0.15, 0.2) is 0 Å². The molecule has 3 heterocycles. The molecule has 1 aromatic heterocycles. The lowest BCUT2D eigenvalue weighted by atomic mass is 10.2. The van der Waals surface area contributed by atoms with Gasteiger partial charge in [-0.25, -0.2) is 0 Å². The van der Waals surface area contributed by atoms with E-state index in [1.165, 1.54) is 0 Å². The molecule has 2 aliphatic heterocycles. The molecule has 7 heteroatoms. The number of nitrogens with zero attached hydrogens (tertiary/aromatic N) is 2. The van der Waals surface area contributed by atoms with E-state index in [1.807, 2.05) is 23.6 Å². The summed E-state index contributed by atoms with van der Waals surface area (Å²) in [7, 11) is 1.55. The van der Waals surface area contributed by atoms with E-state index in [4.69, 9.17) is 16.3 Å². The number of methoxy groups -OCH3 is 1. The maximum absolute atomic E-state index is 12.8. The predicted molar refractivity (Wildman–Crippen MR) is 103 cm³/mol. The van der Waals surface area contributed by atoms with Gasteiger partial charge >= 0.3 is 0 Å². The fourth-order valence-corrected chi connectivity index (χ4v) is 4.47. The molecule has 2 amide bonds. The first-order valence-electron chi connectivity index (χ1n) is 8.27. The molecule has 0 unspecified atom stereocenters. The van der Waals surface area contributed by atoms with Gasteiger partial charge in [-0.15, -0.1) is 11.3 Å². The van der Waals surface area contributed by atoms with Crippen LogP contribution in [-0.4, -0.2) is 42.5 Å². The summed E-state index contributed by atoms with van der Waals surface area (Å²) in [5.41, 5.74) is 0.745. The monoisotopic (exact) mass is 388 g/mol. The lowest BCUT2D eigenvalue weighted by molar-refractivity contribution is -0.134. The number of ether oxygens (including phenoxy) is 1. The first-order valence-corrected chi connectivity index (χ1v) is 9.53. The molecular formula is C19H17ClN2O3S. The number of piperazine rings is 1. The standard InChI is InChI=1S/C19H17ClN2O3S/c1-25-17-6-4-12(9-15(17)20)22-13-10-16(19(22)24)21(11-13)18(23)7-5-14-3-2-8-26-14/h2-9,13,16H,10-11H2,1H3/b7-5+/t13-,16-/m0/s1. The largest absolute Gasteiger partial charge is 0.495 e. The molecule has 0 aliphatic carbocycles. The van der Waals surface area contributed by atoms with Crippen molar-refractivity contribution < 1.29 is 14.3 Å². The number of anilines is 1. The molecule has 4 rings (SSSR count). The van der Waals surface area contributed by atoms with Gasteiger partial charge in [-0.3, -0.25) is 9.59 Å². The molecule has 2 bridgehead atoms. The molecule has 2 aromatic rings. The highest BCUT2D eigenvalue weighted by atomic mass is 35.5. The third kappa shape index (κ3) is 2.89. The molecule has 2 aliphatic rings. The van der Waals surface area contributed by atoms with Gasteiger partial charge in [-0.2, -0.15) is 0 Å². The first-order chi connectivity index (χ1) is 12.6. The van der Waals surface area contributed by atoms with E-state index in [0.717, 1.165) is 10.6 Å². The Balaban J connectivity index is 1.50. The van der Waals surface area contributed by atoms with Crippen LogP contribution in [0.25, 0.3) is 6.08 Å². The van der Waals surface area contributed by atoms with E-state index in [1.54, 1.807) is 52.5 Å². The zero-order chi connectivity index (χ0) is 18.3. The molecule has 2 fully saturated rings. The van der Waals surface area contributed by atoms with Crippen LogP contribution in [0.2, 0.25) is 5.02 Å². The third-order valence-electron chi connectivity index (χ3n) is 4.80. The van der Waals surface area contributed by atoms with E-state index in [0.29, 0.717) is 23.7 Å². The normalized spacial score (nSPS) is 21.8. The van der Waals surface area contributed by atoms with Gasteiger partial charge in [-0.05, 0) is 42.1 Å². The number of rotatable bonds is 4. The first kappa shape index (κ1) is 17.1. The number of fused-ring (bicyclic) bond motifs is 2. The summed E-state index contributed by atoms with van der Waals surface area (Å²) in [6.07, 6.45) is 4.00. The van der Waals surface area contributed by atoms with Gasteiger partial charge in [-0.1, -0.05) is 17.7 Å². The number of benzene rings is 1. The Morgan fingerprint density at radius 3 is 2.88 bits per heavy atom. The summed E-state index contributed by atoms with van der Waals surface area (Å²) < 4.78 is 5.16. The SMILES string of the molecule is COc1ccc(N2C(=O)[C@@H]3C[C@H]2CN3C(=O)/C=C/c2cccs2)cc1Cl. The van der Waals surface area contributed by atoms with Crippen LogP contribution in [0.4, 0.5) is 5.69 Å². The second-order valence-electron chi connectivity index (χ2n) is 6.27. The Labute approximate surface area is 160 Å². The van der Waals surface area contributed by atoms with Crippen LogP contribution in [0.3, 0.4) is 0 Å². The number of likely N-dealkylation sites (tertiary alicyclic amines) is 1. The Hall–Kier alpha value is -2.31. The lowest BCUT2D eigenvalue weighted by Crippen LogP contribution is -2.52. The molecular weight excluding hydrogens is 372 g/mol. The highest BCUT2D eigenvalue weighted by Gasteiger charge is 2.51. The second-order valence-corrected chi connectivity index (χ2v) is 7.66. The smallest absolute Gasteiger partial charge is 0.250 e. The highest BCUT2D eigenvalue weighted by Crippen LogP contribution is 2.38. The summed E-state index contributed by atoms with van der Waals surface area (Å²) >= 11 is 7.76. The van der Waals surface area contributed by atoms with Crippen molar-refractivity contribution >= 4 is 46.5 Å². The molecule has 5 nitrogen and oxygen atoms in total. The Bertz CT molecular complexity index is 881. The van der Waals surface area contributed by atoms with E-state index < -0.39 is 6.04 Å². The number of thiophene rings is 1. The van der Waals surface area contributed by atoms with Crippen LogP contribution in [0.5, 0.6) is 5.75 Å². The molecule has 26 heavy (non-hydrogen) atoms. The van der Waals surface area contributed by atoms with Gasteiger partial charge in [0.2, 0.25) is 11.8 Å². The maximum atomic E-state index is 12.8. The van der Waals surface area contributed by atoms with Gasteiger partial charge in [0, 0.05) is 23.2 Å². The number of carbonyl (C=O) groups excluding carboxylic acids is 2. The zero-order valence-corrected chi connectivity index (χ0v) is 15.7. The molecule has 0 saturated carbocycles. The summed E-state index contributed by atoms with van der Waals surface area (Å²) in [6.45, 7) is 0.535. The van der Waals surface area contributed by atoms with Crippen LogP contribution < -0.4 is 9.64 Å². The van der Waals surface area contributed by atoms with Crippen LogP contribution in [0, 0.1) is 0 Å². The fourth-order valence-electron chi connectivity index (χ4n) is 3.60. The van der Waals surface area contributed by atoms with Crippen molar-refractivity contribution in [1.29, 1.82) is 0 Å². The van der Waals surface area contributed by atoms with Gasteiger partial charge < -0.3 is 14.5 Å². The minimum atomic E-state index is -0.402. The minimum Gasteiger partial charge on any atom is -0.495 e. The molecule has 2 saturated heterocycles. The number of amides is 2. The molecule has 1 aromatic carbocycles. The second kappa shape index (κ2) is 6.78. The molecule has 0 spiro atoms. The van der Waals surface area contributed by atoms with Crippen molar-refractivity contribution in [3.63, 3.8) is 0 Å². The van der Waals surface area contributed by atoms with Gasteiger partial charge in [0.1, 0.15) is 11.8 Å². The average molecular weight is 389 g/mol. The molecule has 2 atom stereocenters. The number of hydrogen-bond acceptors (Lipinski definition) is 4. The van der Waals surface area contributed by atoms with Crippen molar-refractivity contribution in [1.82, 2.24) is 4.90 Å². The Morgan fingerprint density at radius 1 is 1.38 bits per heavy atom. The number of hydrogen-bond donors (Lipinski definition) is 0. The summed E-state index contributed by atoms with van der Waals surface area (Å²) in [6, 6.07) is 8.79. The van der Waals surface area contributed by atoms with Crippen LogP contribution in [0.1, 0.15) is 11.3 Å². The van der Waals surface area contributed by atoms with Crippen LogP contribution in [-0.2, 0) is 9.59 Å². The van der Waals surface area contributed by atoms with E-state index in [2.05, 4.69) is 0 Å². The van der Waals surface area contributed by atoms with E-state index >= 15 is 0 Å². The van der Waals surface area contributed by atoms with Crippen LogP contribution >= 0.6 is 22.9 Å². The van der Waals surface area contributed by atoms with Crippen molar-refractivity contribution in [2.75, 3.05) is 18.6 Å². The summed E-state index contributed by atoms with van der Waals surface area (Å²) in [4.78, 5) is 29.7.